The van der Waals surface area contributed by atoms with Crippen LogP contribution in [-0.4, -0.2) is 18.5 Å². The van der Waals surface area contributed by atoms with Crippen molar-refractivity contribution in [1.82, 2.24) is 0 Å². The maximum Gasteiger partial charge on any atom is 0.306 e. The minimum absolute atomic E-state index is 0.0864. The molecule has 142 valence electrons. The Hall–Kier alpha value is -0.500. The number of unbranched alkanes of at least 4 members (excludes halogenated alkanes) is 12. The molecule has 0 aromatic rings. The fourth-order valence-electron chi connectivity index (χ4n) is 2.69. The van der Waals surface area contributed by atoms with E-state index in [9.17, 15) is 4.79 Å². The molecule has 2 nitrogen and oxygen atoms in total. The lowest BCUT2D eigenvalue weighted by atomic mass is 10.0. The summed E-state index contributed by atoms with van der Waals surface area (Å²) in [6.07, 6.45) is 19.6. The molecule has 3 heteroatoms. The second-order valence-corrected chi connectivity index (χ2v) is 7.13. The monoisotopic (exact) mass is 358 g/mol. The minimum Gasteiger partial charge on any atom is -0.461 e. The van der Waals surface area contributed by atoms with Crippen molar-refractivity contribution in [3.8, 4) is 0 Å². The maximum absolute atomic E-state index is 11.5. The summed E-state index contributed by atoms with van der Waals surface area (Å²) in [7, 11) is 0. The summed E-state index contributed by atoms with van der Waals surface area (Å²) < 4.78 is 5.15. The molecular formula is C21H39ClO2. The number of carbonyl (C=O) groups is 1. The first-order valence-electron chi connectivity index (χ1n) is 10.1. The maximum atomic E-state index is 11.5. The summed E-state index contributed by atoms with van der Waals surface area (Å²) in [6, 6.07) is 0. The first kappa shape index (κ1) is 23.5. The van der Waals surface area contributed by atoms with E-state index in [1.54, 1.807) is 0 Å². The fourth-order valence-corrected chi connectivity index (χ4v) is 2.80. The molecule has 0 heterocycles. The number of rotatable bonds is 17. The van der Waals surface area contributed by atoms with Crippen LogP contribution in [0.4, 0.5) is 0 Å². The summed E-state index contributed by atoms with van der Waals surface area (Å²) in [6.45, 7) is 4.56. The van der Waals surface area contributed by atoms with Gasteiger partial charge in [-0.1, -0.05) is 89.5 Å². The molecule has 0 N–H and O–H groups in total. The highest BCUT2D eigenvalue weighted by molar-refractivity contribution is 6.19. The highest BCUT2D eigenvalue weighted by Gasteiger charge is 2.01. The van der Waals surface area contributed by atoms with Crippen LogP contribution in [0.2, 0.25) is 0 Å². The van der Waals surface area contributed by atoms with Crippen molar-refractivity contribution in [1.29, 1.82) is 0 Å². The van der Waals surface area contributed by atoms with Gasteiger partial charge in [0.25, 0.3) is 0 Å². The van der Waals surface area contributed by atoms with E-state index in [1.165, 1.54) is 70.6 Å². The molecule has 24 heavy (non-hydrogen) atoms. The highest BCUT2D eigenvalue weighted by atomic mass is 35.5. The van der Waals surface area contributed by atoms with Gasteiger partial charge in [0.05, 0.1) is 0 Å². The molecular weight excluding hydrogens is 320 g/mol. The molecule has 0 unspecified atom stereocenters. The molecule has 0 radical (unpaired) electrons. The molecule has 0 aliphatic carbocycles. The van der Waals surface area contributed by atoms with E-state index in [-0.39, 0.29) is 5.97 Å². The standard InChI is InChI=1S/C21H39ClO2/c1-3-4-5-6-7-8-9-10-11-12-13-14-15-16-21(23)24-18-17-20(2)19-22/h17H,3-16,18-19H2,1-2H3. The normalized spacial score (nSPS) is 11.7. The third-order valence-electron chi connectivity index (χ3n) is 4.37. The number of carbonyl (C=O) groups excluding carboxylic acids is 1. The third kappa shape index (κ3) is 17.8. The van der Waals surface area contributed by atoms with Crippen LogP contribution < -0.4 is 0 Å². The first-order valence-corrected chi connectivity index (χ1v) is 10.6. The van der Waals surface area contributed by atoms with Crippen LogP contribution in [0.25, 0.3) is 0 Å². The molecule has 0 aromatic carbocycles. The number of hydrogen-bond donors (Lipinski definition) is 0. The Morgan fingerprint density at radius 3 is 1.75 bits per heavy atom. The summed E-state index contributed by atoms with van der Waals surface area (Å²) in [5.41, 5.74) is 1.05. The molecule has 0 aliphatic heterocycles. The van der Waals surface area contributed by atoms with Gasteiger partial charge >= 0.3 is 5.97 Å². The number of halogens is 1. The zero-order chi connectivity index (χ0) is 17.9. The second-order valence-electron chi connectivity index (χ2n) is 6.86. The molecule has 0 bridgehead atoms. The lowest BCUT2D eigenvalue weighted by Gasteiger charge is -2.04. The van der Waals surface area contributed by atoms with Crippen molar-refractivity contribution in [3.05, 3.63) is 11.6 Å². The summed E-state index contributed by atoms with van der Waals surface area (Å²) in [5.74, 6) is 0.410. The average molecular weight is 359 g/mol. The molecule has 0 aromatic heterocycles. The molecule has 0 fully saturated rings. The van der Waals surface area contributed by atoms with Gasteiger partial charge in [0.1, 0.15) is 6.61 Å². The van der Waals surface area contributed by atoms with Gasteiger partial charge < -0.3 is 4.74 Å². The molecule has 0 saturated carbocycles. The highest BCUT2D eigenvalue weighted by Crippen LogP contribution is 2.13. The van der Waals surface area contributed by atoms with Crippen molar-refractivity contribution in [3.63, 3.8) is 0 Å². The van der Waals surface area contributed by atoms with Crippen LogP contribution in [0.1, 0.15) is 104 Å². The second kappa shape index (κ2) is 18.8. The van der Waals surface area contributed by atoms with Crippen molar-refractivity contribution in [2.24, 2.45) is 0 Å². The van der Waals surface area contributed by atoms with Crippen LogP contribution in [0.5, 0.6) is 0 Å². The lowest BCUT2D eigenvalue weighted by Crippen LogP contribution is -2.04. The van der Waals surface area contributed by atoms with E-state index in [0.717, 1.165) is 18.4 Å². The van der Waals surface area contributed by atoms with E-state index in [4.69, 9.17) is 16.3 Å². The molecule has 0 rings (SSSR count). The number of alkyl halides is 1. The van der Waals surface area contributed by atoms with Gasteiger partial charge in [-0.2, -0.15) is 0 Å². The van der Waals surface area contributed by atoms with Crippen LogP contribution in [0.3, 0.4) is 0 Å². The van der Waals surface area contributed by atoms with Crippen LogP contribution in [0.15, 0.2) is 11.6 Å². The predicted octanol–water partition coefficient (Wildman–Crippen LogP) is 7.20. The van der Waals surface area contributed by atoms with E-state index in [2.05, 4.69) is 6.92 Å². The van der Waals surface area contributed by atoms with Gasteiger partial charge in [0, 0.05) is 12.3 Å². The number of esters is 1. The molecule has 0 spiro atoms. The van der Waals surface area contributed by atoms with Crippen molar-refractivity contribution in [2.75, 3.05) is 12.5 Å². The fraction of sp³-hybridized carbons (Fsp3) is 0.857. The number of allylic oxidation sites excluding steroid dienone is 1. The zero-order valence-corrected chi connectivity index (χ0v) is 16.8. The Morgan fingerprint density at radius 1 is 0.833 bits per heavy atom. The van der Waals surface area contributed by atoms with E-state index >= 15 is 0 Å². The smallest absolute Gasteiger partial charge is 0.306 e. The Labute approximate surface area is 155 Å². The van der Waals surface area contributed by atoms with Crippen LogP contribution in [-0.2, 0) is 9.53 Å². The Bertz CT molecular complexity index is 313. The quantitative estimate of drug-likeness (QED) is 0.119. The topological polar surface area (TPSA) is 26.3 Å². The summed E-state index contributed by atoms with van der Waals surface area (Å²) in [4.78, 5) is 11.5. The van der Waals surface area contributed by atoms with E-state index in [0.29, 0.717) is 18.9 Å². The van der Waals surface area contributed by atoms with Gasteiger partial charge in [-0.15, -0.1) is 11.6 Å². The van der Waals surface area contributed by atoms with E-state index < -0.39 is 0 Å². The Balaban J connectivity index is 3.20. The Kier molecular flexibility index (Phi) is 18.4. The number of ether oxygens (including phenoxy) is 1. The van der Waals surface area contributed by atoms with Gasteiger partial charge in [0.2, 0.25) is 0 Å². The third-order valence-corrected chi connectivity index (χ3v) is 4.79. The van der Waals surface area contributed by atoms with Gasteiger partial charge in [-0.05, 0) is 19.4 Å². The first-order chi connectivity index (χ1) is 11.7. The van der Waals surface area contributed by atoms with Crippen molar-refractivity contribution < 1.29 is 9.53 Å². The van der Waals surface area contributed by atoms with Gasteiger partial charge in [-0.25, -0.2) is 0 Å². The minimum atomic E-state index is -0.0864. The summed E-state index contributed by atoms with van der Waals surface area (Å²) in [5, 5.41) is 0. The van der Waals surface area contributed by atoms with Crippen molar-refractivity contribution in [2.45, 2.75) is 104 Å². The number of hydrogen-bond acceptors (Lipinski definition) is 2. The largest absolute Gasteiger partial charge is 0.461 e. The van der Waals surface area contributed by atoms with Crippen molar-refractivity contribution >= 4 is 17.6 Å². The summed E-state index contributed by atoms with van der Waals surface area (Å²) >= 11 is 5.66. The van der Waals surface area contributed by atoms with E-state index in [1.807, 2.05) is 13.0 Å². The zero-order valence-electron chi connectivity index (χ0n) is 16.1. The molecule has 0 saturated heterocycles. The molecule has 0 atom stereocenters. The Morgan fingerprint density at radius 2 is 1.29 bits per heavy atom. The van der Waals surface area contributed by atoms with Crippen LogP contribution >= 0.6 is 11.6 Å². The SMILES string of the molecule is CCCCCCCCCCCCCCCC(=O)OCC=C(C)CCl. The van der Waals surface area contributed by atoms with Gasteiger partial charge in [-0.3, -0.25) is 4.79 Å². The predicted molar refractivity (Wildman–Crippen MR) is 106 cm³/mol. The molecule has 0 aliphatic rings. The van der Waals surface area contributed by atoms with Crippen LogP contribution in [0, 0.1) is 0 Å². The molecule has 0 amide bonds. The van der Waals surface area contributed by atoms with Gasteiger partial charge in [0.15, 0.2) is 0 Å². The average Bonchev–Trinajstić information content (AvgIpc) is 2.58. The lowest BCUT2D eigenvalue weighted by molar-refractivity contribution is -0.142.